The van der Waals surface area contributed by atoms with Gasteiger partial charge in [0.05, 0.1) is 11.0 Å². The number of nitrogens with zero attached hydrogens (tertiary/aromatic N) is 8. The Morgan fingerprint density at radius 1 is 0.250 bits per heavy atom. The van der Waals surface area contributed by atoms with Crippen LogP contribution in [0, 0.1) is 0 Å². The van der Waals surface area contributed by atoms with Crippen LogP contribution in [0.25, 0.3) is 128 Å². The van der Waals surface area contributed by atoms with Crippen molar-refractivity contribution in [2.24, 2.45) is 0 Å². The van der Waals surface area contributed by atoms with Crippen LogP contribution in [-0.4, -0.2) is 47.5 Å². The zero-order valence-corrected chi connectivity index (χ0v) is 44.0. The summed E-state index contributed by atoms with van der Waals surface area (Å²) in [5.74, 6) is 3.57. The number of imidazole rings is 1. The fourth-order valence-corrected chi connectivity index (χ4v) is 16.9. The third-order valence-electron chi connectivity index (χ3n) is 15.9. The zero-order valence-electron chi connectivity index (χ0n) is 43.0. The Hall–Kier alpha value is -10.6. The summed E-state index contributed by atoms with van der Waals surface area (Å²) in [6.07, 6.45) is 0. The molecule has 372 valence electrons. The predicted octanol–water partition coefficient (Wildman–Crippen LogP) is 13.7. The van der Waals surface area contributed by atoms with Gasteiger partial charge in [0, 0.05) is 39.1 Å². The van der Waals surface area contributed by atoms with E-state index in [9.17, 15) is 0 Å². The first kappa shape index (κ1) is 45.6. The molecule has 0 saturated heterocycles. The van der Waals surface area contributed by atoms with Gasteiger partial charge < -0.3 is 0 Å². The maximum absolute atomic E-state index is 5.68. The average molecular weight is 1040 g/mol. The molecule has 16 rings (SSSR count). The van der Waals surface area contributed by atoms with E-state index in [1.54, 1.807) is 0 Å². The smallest absolute Gasteiger partial charge is 0.226 e. The molecule has 0 atom stereocenters. The topological polar surface area (TPSA) is 95.2 Å². The van der Waals surface area contributed by atoms with Crippen LogP contribution >= 0.6 is 0 Å². The van der Waals surface area contributed by atoms with Gasteiger partial charge in [-0.3, -0.25) is 4.57 Å². The van der Waals surface area contributed by atoms with Crippen molar-refractivity contribution in [1.29, 1.82) is 0 Å². The molecule has 4 heterocycles. The second-order valence-corrected chi connectivity index (χ2v) is 24.2. The summed E-state index contributed by atoms with van der Waals surface area (Å²) in [7, 11) is -3.36. The summed E-state index contributed by atoms with van der Waals surface area (Å²) in [6.45, 7) is 0. The molecule has 80 heavy (non-hydrogen) atoms. The molecular formula is C71H44N8Si. The summed E-state index contributed by atoms with van der Waals surface area (Å²) in [4.78, 5) is 37.6. The van der Waals surface area contributed by atoms with E-state index >= 15 is 0 Å². The summed E-state index contributed by atoms with van der Waals surface area (Å²) < 4.78 is 2.40. The minimum atomic E-state index is -3.36. The number of benzene rings is 12. The first-order valence-corrected chi connectivity index (χ1v) is 28.9. The van der Waals surface area contributed by atoms with E-state index in [0.29, 0.717) is 34.9 Å². The van der Waals surface area contributed by atoms with Crippen molar-refractivity contribution in [2.45, 2.75) is 0 Å². The molecule has 0 saturated carbocycles. The molecule has 1 aliphatic heterocycles. The average Bonchev–Trinajstić information content (AvgIpc) is 4.12. The number of rotatable bonds is 8. The normalized spacial score (nSPS) is 12.6. The molecule has 0 fully saturated rings. The summed E-state index contributed by atoms with van der Waals surface area (Å²) in [6, 6.07) is 94.4. The van der Waals surface area contributed by atoms with Gasteiger partial charge in [0.25, 0.3) is 0 Å². The standard InChI is InChI=1S/C71H44N8Si/c1-5-19-49-39-55(35-31-45(49)15-1)67-73-65(74-68(77-67)56-36-32-46-16-2-6-20-50(46)40-56)53-23-13-25-59(43-53)80(64-30-12-11-29-63(64)79-62-28-10-9-27-61(62)72-71(79)80)60-26-14-24-54(44-60)66-75-69(57-37-33-47-17-3-7-21-51(47)41-57)78-70(76-66)58-38-34-48-18-4-8-22-52(48)42-58/h1-44H. The van der Waals surface area contributed by atoms with Gasteiger partial charge in [-0.25, -0.2) is 34.9 Å². The molecule has 0 radical (unpaired) electrons. The second-order valence-electron chi connectivity index (χ2n) is 20.5. The Morgan fingerprint density at radius 2 is 0.588 bits per heavy atom. The third kappa shape index (κ3) is 7.47. The molecule has 8 nitrogen and oxygen atoms in total. The van der Waals surface area contributed by atoms with Gasteiger partial charge in [-0.15, -0.1) is 0 Å². The quantitative estimate of drug-likeness (QED) is 0.140. The maximum Gasteiger partial charge on any atom is 0.226 e. The fraction of sp³-hybridized carbons (Fsp3) is 0. The van der Waals surface area contributed by atoms with Crippen LogP contribution in [0.15, 0.2) is 267 Å². The van der Waals surface area contributed by atoms with Gasteiger partial charge in [-0.1, -0.05) is 224 Å². The van der Waals surface area contributed by atoms with E-state index in [0.717, 1.165) is 109 Å². The lowest BCUT2D eigenvalue weighted by Gasteiger charge is -2.29. The first-order chi connectivity index (χ1) is 39.6. The summed E-state index contributed by atoms with van der Waals surface area (Å²) in [5, 5.41) is 12.6. The predicted molar refractivity (Wildman–Crippen MR) is 328 cm³/mol. The van der Waals surface area contributed by atoms with Gasteiger partial charge in [0.15, 0.2) is 34.9 Å². The number of hydrogen-bond donors (Lipinski definition) is 0. The molecule has 0 unspecified atom stereocenters. The molecule has 0 bridgehead atoms. The van der Waals surface area contributed by atoms with Crippen molar-refractivity contribution in [3.63, 3.8) is 0 Å². The molecule has 12 aromatic carbocycles. The number of para-hydroxylation sites is 3. The molecule has 0 N–H and O–H groups in total. The van der Waals surface area contributed by atoms with Crippen LogP contribution in [0.5, 0.6) is 0 Å². The van der Waals surface area contributed by atoms with Crippen LogP contribution in [-0.2, 0) is 0 Å². The van der Waals surface area contributed by atoms with Crippen molar-refractivity contribution in [1.82, 2.24) is 39.5 Å². The van der Waals surface area contributed by atoms with E-state index in [4.69, 9.17) is 34.9 Å². The number of hydrogen-bond acceptors (Lipinski definition) is 7. The van der Waals surface area contributed by atoms with Gasteiger partial charge >= 0.3 is 0 Å². The van der Waals surface area contributed by atoms with E-state index in [-0.39, 0.29) is 0 Å². The third-order valence-corrected chi connectivity index (χ3v) is 20.4. The minimum absolute atomic E-state index is 0.582. The summed E-state index contributed by atoms with van der Waals surface area (Å²) >= 11 is 0. The Balaban J connectivity index is 0.916. The SMILES string of the molecule is c1cc(-c2nc(-c3ccc4ccccc4c3)nc(-c3ccc4ccccc4c3)n2)cc([Si]2(c3cccc(-c4nc(-c5ccc6ccccc6c5)nc(-c5ccc6ccccc6c5)n4)c3)c3ccccc3-n3c2nc2ccccc23)c1. The Kier molecular flexibility index (Phi) is 10.4. The Morgan fingerprint density at radius 3 is 1.00 bits per heavy atom. The fourth-order valence-electron chi connectivity index (χ4n) is 12.0. The van der Waals surface area contributed by atoms with Gasteiger partial charge in [0.2, 0.25) is 8.07 Å². The van der Waals surface area contributed by atoms with Crippen molar-refractivity contribution in [3.8, 4) is 74.0 Å². The molecule has 0 amide bonds. The molecule has 1 aliphatic rings. The van der Waals surface area contributed by atoms with Gasteiger partial charge in [-0.05, 0) is 101 Å². The second kappa shape index (κ2) is 18.3. The van der Waals surface area contributed by atoms with E-state index in [1.807, 2.05) is 0 Å². The molecule has 0 aliphatic carbocycles. The van der Waals surface area contributed by atoms with Crippen LogP contribution < -0.4 is 21.0 Å². The zero-order chi connectivity index (χ0) is 52.7. The summed E-state index contributed by atoms with van der Waals surface area (Å²) in [5.41, 5.74) is 9.55. The first-order valence-electron chi connectivity index (χ1n) is 26.9. The lowest BCUT2D eigenvalue weighted by molar-refractivity contribution is 1.08. The highest BCUT2D eigenvalue weighted by atomic mass is 28.3. The van der Waals surface area contributed by atoms with Crippen LogP contribution in [0.3, 0.4) is 0 Å². The molecule has 3 aromatic heterocycles. The Bertz CT molecular complexity index is 4560. The molecule has 9 heteroatoms. The lowest BCUT2D eigenvalue weighted by Crippen LogP contribution is -2.73. The highest BCUT2D eigenvalue weighted by Gasteiger charge is 2.52. The highest BCUT2D eigenvalue weighted by Crippen LogP contribution is 2.33. The van der Waals surface area contributed by atoms with Crippen LogP contribution in [0.2, 0.25) is 0 Å². The highest BCUT2D eigenvalue weighted by molar-refractivity contribution is 7.20. The molecular weight excluding hydrogens is 993 g/mol. The largest absolute Gasteiger partial charge is 0.299 e. The Labute approximate surface area is 461 Å². The van der Waals surface area contributed by atoms with Crippen molar-refractivity contribution >= 4 is 83.2 Å². The lowest BCUT2D eigenvalue weighted by atomic mass is 10.1. The van der Waals surface area contributed by atoms with Crippen LogP contribution in [0.4, 0.5) is 0 Å². The van der Waals surface area contributed by atoms with Crippen molar-refractivity contribution < 1.29 is 0 Å². The molecule has 15 aromatic rings. The maximum atomic E-state index is 5.68. The van der Waals surface area contributed by atoms with Gasteiger partial charge in [-0.2, -0.15) is 0 Å². The van der Waals surface area contributed by atoms with Crippen molar-refractivity contribution in [3.05, 3.63) is 267 Å². The van der Waals surface area contributed by atoms with Crippen molar-refractivity contribution in [2.75, 3.05) is 0 Å². The van der Waals surface area contributed by atoms with E-state index in [1.165, 1.54) is 5.19 Å². The number of aromatic nitrogens is 8. The van der Waals surface area contributed by atoms with Gasteiger partial charge in [0.1, 0.15) is 5.45 Å². The monoisotopic (exact) mass is 1040 g/mol. The molecule has 0 spiro atoms. The van der Waals surface area contributed by atoms with E-state index < -0.39 is 8.07 Å². The minimum Gasteiger partial charge on any atom is -0.299 e. The van der Waals surface area contributed by atoms with Crippen LogP contribution in [0.1, 0.15) is 0 Å². The van der Waals surface area contributed by atoms with E-state index in [2.05, 4.69) is 271 Å². The number of fused-ring (bicyclic) bond motifs is 9.